The lowest BCUT2D eigenvalue weighted by molar-refractivity contribution is 1.17. The summed E-state index contributed by atoms with van der Waals surface area (Å²) in [5.41, 5.74) is 12.1. The molecule has 2 heteroatoms. The fourth-order valence-corrected chi connectivity index (χ4v) is 7.79. The van der Waals surface area contributed by atoms with E-state index >= 15 is 0 Å². The molecule has 0 saturated carbocycles. The Balaban J connectivity index is 1.26. The summed E-state index contributed by atoms with van der Waals surface area (Å²) < 4.78 is 4.87. The highest BCUT2D eigenvalue weighted by atomic mass is 15.0. The molecular weight excluding hydrogens is 581 g/mol. The average molecular weight is 611 g/mol. The minimum atomic E-state index is 1.16. The Hall–Kier alpha value is -6.38. The van der Waals surface area contributed by atoms with E-state index in [4.69, 9.17) is 0 Å². The van der Waals surface area contributed by atoms with Crippen LogP contribution in [0.4, 0.5) is 0 Å². The summed E-state index contributed by atoms with van der Waals surface area (Å²) in [5.74, 6) is 0. The van der Waals surface area contributed by atoms with Crippen LogP contribution in [0.2, 0.25) is 0 Å². The molecule has 10 rings (SSSR count). The molecule has 0 N–H and O–H groups in total. The molecule has 0 aliphatic rings. The third-order valence-corrected chi connectivity index (χ3v) is 9.89. The molecule has 0 unspecified atom stereocenters. The molecule has 0 bridgehead atoms. The van der Waals surface area contributed by atoms with Gasteiger partial charge in [0, 0.05) is 32.9 Å². The van der Waals surface area contributed by atoms with Crippen LogP contribution < -0.4 is 0 Å². The molecule has 0 spiro atoms. The molecule has 48 heavy (non-hydrogen) atoms. The predicted octanol–water partition coefficient (Wildman–Crippen LogP) is 12.4. The van der Waals surface area contributed by atoms with Gasteiger partial charge in [0.1, 0.15) is 0 Å². The Kier molecular flexibility index (Phi) is 5.91. The molecule has 2 aromatic heterocycles. The Morgan fingerprint density at radius 2 is 0.771 bits per heavy atom. The summed E-state index contributed by atoms with van der Waals surface area (Å²) in [5, 5.41) is 7.58. The van der Waals surface area contributed by atoms with E-state index in [1.54, 1.807) is 0 Å². The molecule has 0 amide bonds. The number of hydrogen-bond acceptors (Lipinski definition) is 0. The Labute approximate surface area is 278 Å². The van der Waals surface area contributed by atoms with E-state index in [0.717, 1.165) is 5.69 Å². The summed E-state index contributed by atoms with van der Waals surface area (Å²) >= 11 is 0. The van der Waals surface area contributed by atoms with Crippen LogP contribution in [0.3, 0.4) is 0 Å². The first-order valence-corrected chi connectivity index (χ1v) is 16.5. The maximum Gasteiger partial charge on any atom is 0.0548 e. The second-order valence-electron chi connectivity index (χ2n) is 12.6. The smallest absolute Gasteiger partial charge is 0.0548 e. The molecule has 2 heterocycles. The molecule has 0 aliphatic carbocycles. The van der Waals surface area contributed by atoms with Crippen LogP contribution in [0.1, 0.15) is 0 Å². The lowest BCUT2D eigenvalue weighted by Gasteiger charge is -2.14. The SMILES string of the molecule is c1ccc(-c2ccc(-c3cc(-n4c5ccccc5c5c6c7ccccc7n(-c7ccccc7)c6ccc54)cc4ccccc34)cc2)cc1. The van der Waals surface area contributed by atoms with E-state index in [2.05, 4.69) is 191 Å². The van der Waals surface area contributed by atoms with Crippen LogP contribution in [0.15, 0.2) is 182 Å². The molecule has 0 saturated heterocycles. The summed E-state index contributed by atoms with van der Waals surface area (Å²) in [6.07, 6.45) is 0. The summed E-state index contributed by atoms with van der Waals surface area (Å²) in [4.78, 5) is 0. The number of aromatic nitrogens is 2. The molecule has 0 fully saturated rings. The Bertz CT molecular complexity index is 2800. The first-order valence-electron chi connectivity index (χ1n) is 16.5. The highest BCUT2D eigenvalue weighted by molar-refractivity contribution is 6.29. The van der Waals surface area contributed by atoms with Crippen LogP contribution in [-0.2, 0) is 0 Å². The van der Waals surface area contributed by atoms with E-state index in [9.17, 15) is 0 Å². The van der Waals surface area contributed by atoms with Crippen molar-refractivity contribution in [2.45, 2.75) is 0 Å². The average Bonchev–Trinajstić information content (AvgIpc) is 3.68. The fraction of sp³-hybridized carbons (Fsp3) is 0. The number of nitrogens with zero attached hydrogens (tertiary/aromatic N) is 2. The monoisotopic (exact) mass is 610 g/mol. The van der Waals surface area contributed by atoms with Gasteiger partial charge in [-0.1, -0.05) is 133 Å². The molecule has 8 aromatic carbocycles. The summed E-state index contributed by atoms with van der Waals surface area (Å²) in [6.45, 7) is 0. The van der Waals surface area contributed by atoms with Crippen molar-refractivity contribution in [3.63, 3.8) is 0 Å². The molecule has 224 valence electrons. The third-order valence-electron chi connectivity index (χ3n) is 9.89. The fourth-order valence-electron chi connectivity index (χ4n) is 7.79. The first-order chi connectivity index (χ1) is 23.8. The van der Waals surface area contributed by atoms with Crippen molar-refractivity contribution in [2.24, 2.45) is 0 Å². The maximum absolute atomic E-state index is 2.47. The highest BCUT2D eigenvalue weighted by Gasteiger charge is 2.21. The Morgan fingerprint density at radius 3 is 1.42 bits per heavy atom. The lowest BCUT2D eigenvalue weighted by Crippen LogP contribution is -1.96. The standard InChI is InChI=1S/C46H30N2/c1-3-13-31(14-4-1)32-23-25-33(26-24-32)40-30-36(29-34-15-7-8-18-37(34)40)48-42-22-12-10-20-39(42)46-44(48)28-27-43-45(46)38-19-9-11-21-41(38)47(43)35-16-5-2-6-17-35/h1-30H. The minimum Gasteiger partial charge on any atom is -0.309 e. The van der Waals surface area contributed by atoms with Gasteiger partial charge >= 0.3 is 0 Å². The van der Waals surface area contributed by atoms with Gasteiger partial charge in [-0.2, -0.15) is 0 Å². The second kappa shape index (κ2) is 10.6. The van der Waals surface area contributed by atoms with Crippen molar-refractivity contribution in [3.8, 4) is 33.6 Å². The number of hydrogen-bond donors (Lipinski definition) is 0. The van der Waals surface area contributed by atoms with Gasteiger partial charge in [0.25, 0.3) is 0 Å². The van der Waals surface area contributed by atoms with Crippen molar-refractivity contribution in [3.05, 3.63) is 182 Å². The topological polar surface area (TPSA) is 9.86 Å². The largest absolute Gasteiger partial charge is 0.309 e. The zero-order valence-electron chi connectivity index (χ0n) is 26.2. The molecular formula is C46H30N2. The number of benzene rings is 8. The van der Waals surface area contributed by atoms with E-state index < -0.39 is 0 Å². The highest BCUT2D eigenvalue weighted by Crippen LogP contribution is 2.43. The molecule has 2 nitrogen and oxygen atoms in total. The van der Waals surface area contributed by atoms with Crippen LogP contribution in [0.25, 0.3) is 88.0 Å². The van der Waals surface area contributed by atoms with Crippen molar-refractivity contribution in [1.82, 2.24) is 9.13 Å². The normalized spacial score (nSPS) is 11.8. The third kappa shape index (κ3) is 4.00. The molecule has 0 aliphatic heterocycles. The van der Waals surface area contributed by atoms with Gasteiger partial charge < -0.3 is 9.13 Å². The summed E-state index contributed by atoms with van der Waals surface area (Å²) in [7, 11) is 0. The van der Waals surface area contributed by atoms with Gasteiger partial charge in [0.05, 0.1) is 22.1 Å². The van der Waals surface area contributed by atoms with Crippen molar-refractivity contribution < 1.29 is 0 Å². The lowest BCUT2D eigenvalue weighted by atomic mass is 9.95. The molecule has 0 radical (unpaired) electrons. The number of para-hydroxylation sites is 3. The quantitative estimate of drug-likeness (QED) is 0.188. The van der Waals surface area contributed by atoms with Crippen LogP contribution >= 0.6 is 0 Å². The zero-order valence-corrected chi connectivity index (χ0v) is 26.2. The number of fused-ring (bicyclic) bond motifs is 8. The van der Waals surface area contributed by atoms with Gasteiger partial charge in [-0.25, -0.2) is 0 Å². The van der Waals surface area contributed by atoms with Crippen molar-refractivity contribution in [2.75, 3.05) is 0 Å². The van der Waals surface area contributed by atoms with Crippen molar-refractivity contribution in [1.29, 1.82) is 0 Å². The van der Waals surface area contributed by atoms with Crippen molar-refractivity contribution >= 4 is 54.4 Å². The van der Waals surface area contributed by atoms with E-state index in [1.165, 1.54) is 82.3 Å². The van der Waals surface area contributed by atoms with E-state index in [1.807, 2.05) is 0 Å². The summed E-state index contributed by atoms with van der Waals surface area (Å²) in [6, 6.07) is 66.1. The van der Waals surface area contributed by atoms with E-state index in [0.29, 0.717) is 0 Å². The van der Waals surface area contributed by atoms with Gasteiger partial charge in [0.2, 0.25) is 0 Å². The molecule has 0 atom stereocenters. The van der Waals surface area contributed by atoms with Crippen LogP contribution in [0, 0.1) is 0 Å². The minimum absolute atomic E-state index is 1.16. The zero-order chi connectivity index (χ0) is 31.6. The van der Waals surface area contributed by atoms with Gasteiger partial charge in [-0.05, 0) is 81.6 Å². The van der Waals surface area contributed by atoms with Crippen LogP contribution in [0.5, 0.6) is 0 Å². The number of rotatable bonds is 4. The van der Waals surface area contributed by atoms with Gasteiger partial charge in [0.15, 0.2) is 0 Å². The second-order valence-corrected chi connectivity index (χ2v) is 12.6. The van der Waals surface area contributed by atoms with E-state index in [-0.39, 0.29) is 0 Å². The molecule has 10 aromatic rings. The maximum atomic E-state index is 2.47. The predicted molar refractivity (Wildman–Crippen MR) is 203 cm³/mol. The van der Waals surface area contributed by atoms with Gasteiger partial charge in [-0.15, -0.1) is 0 Å². The van der Waals surface area contributed by atoms with Crippen LogP contribution in [-0.4, -0.2) is 9.13 Å². The van der Waals surface area contributed by atoms with Gasteiger partial charge in [-0.3, -0.25) is 0 Å². The Morgan fingerprint density at radius 1 is 0.292 bits per heavy atom. The first kappa shape index (κ1) is 26.8.